The van der Waals surface area contributed by atoms with Crippen LogP contribution in [0.15, 0.2) is 36.8 Å². The van der Waals surface area contributed by atoms with Crippen molar-refractivity contribution < 1.29 is 19.4 Å². The molecule has 1 aliphatic carbocycles. The van der Waals surface area contributed by atoms with Gasteiger partial charge in [-0.15, -0.1) is 0 Å². The first-order valence-corrected chi connectivity index (χ1v) is 13.3. The maximum absolute atomic E-state index is 13.6. The van der Waals surface area contributed by atoms with Gasteiger partial charge in [-0.1, -0.05) is 32.3 Å². The lowest BCUT2D eigenvalue weighted by atomic mass is 9.89. The number of anilines is 1. The van der Waals surface area contributed by atoms with Crippen molar-refractivity contribution in [1.82, 2.24) is 19.8 Å². The van der Waals surface area contributed by atoms with Gasteiger partial charge in [0.25, 0.3) is 11.8 Å². The molecule has 2 N–H and O–H groups in total. The molecule has 2 heterocycles. The number of nitrogens with zero attached hydrogens (tertiary/aromatic N) is 4. The van der Waals surface area contributed by atoms with Crippen molar-refractivity contribution in [3.8, 4) is 5.75 Å². The van der Waals surface area contributed by atoms with E-state index in [0.29, 0.717) is 36.0 Å². The summed E-state index contributed by atoms with van der Waals surface area (Å²) in [7, 11) is 2.13. The zero-order valence-corrected chi connectivity index (χ0v) is 22.1. The lowest BCUT2D eigenvalue weighted by Gasteiger charge is -2.39. The largest absolute Gasteiger partial charge is 0.486 e. The number of carbonyl (C=O) groups is 2. The summed E-state index contributed by atoms with van der Waals surface area (Å²) >= 11 is 0. The Bertz CT molecular complexity index is 1060. The molecule has 0 unspecified atom stereocenters. The van der Waals surface area contributed by atoms with Crippen molar-refractivity contribution in [3.05, 3.63) is 48.0 Å². The number of rotatable bonds is 8. The van der Waals surface area contributed by atoms with Crippen LogP contribution in [0.5, 0.6) is 5.75 Å². The van der Waals surface area contributed by atoms with Crippen LogP contribution >= 0.6 is 0 Å². The molecule has 3 atom stereocenters. The van der Waals surface area contributed by atoms with Crippen molar-refractivity contribution in [2.75, 3.05) is 38.6 Å². The third-order valence-corrected chi connectivity index (χ3v) is 7.52. The smallest absolute Gasteiger partial charge is 0.275 e. The van der Waals surface area contributed by atoms with Crippen molar-refractivity contribution >= 4 is 17.5 Å². The summed E-state index contributed by atoms with van der Waals surface area (Å²) in [4.78, 5) is 38.6. The molecular weight excluding hydrogens is 470 g/mol. The fraction of sp³-hybridized carbons (Fsp3) is 0.571. The molecule has 0 radical (unpaired) electrons. The van der Waals surface area contributed by atoms with Crippen molar-refractivity contribution in [2.24, 2.45) is 11.8 Å². The highest BCUT2D eigenvalue weighted by atomic mass is 16.5. The van der Waals surface area contributed by atoms with Gasteiger partial charge in [-0.25, -0.2) is 4.98 Å². The summed E-state index contributed by atoms with van der Waals surface area (Å²) in [5, 5.41) is 12.8. The van der Waals surface area contributed by atoms with E-state index in [1.165, 1.54) is 50.7 Å². The number of benzene rings is 1. The standard InChI is InChI=1S/C28H39N5O4/c1-19-15-33(20(2)18-34)28(36)22-10-7-11-23(31-27(35)24-14-29-12-13-30-24)26(22)37-25(19)17-32(3)16-21-8-5-4-6-9-21/h7,10-14,19-21,25,34H,4-6,8-9,15-18H2,1-3H3,(H,31,35)/t19-,20+,25-/m1/s1. The lowest BCUT2D eigenvalue weighted by Crippen LogP contribution is -2.50. The number of hydrogen-bond donors (Lipinski definition) is 2. The number of nitrogens with one attached hydrogen (secondary N) is 1. The average Bonchev–Trinajstić information content (AvgIpc) is 2.91. The molecule has 0 bridgehead atoms. The highest BCUT2D eigenvalue weighted by Crippen LogP contribution is 2.35. The SMILES string of the molecule is C[C@@H]1CN([C@@H](C)CO)C(=O)c2cccc(NC(=O)c3cnccn3)c2O[C@@H]1CN(C)CC1CCCCC1. The Kier molecular flexibility index (Phi) is 9.10. The number of aromatic nitrogens is 2. The Morgan fingerprint density at radius 3 is 2.73 bits per heavy atom. The highest BCUT2D eigenvalue weighted by molar-refractivity contribution is 6.06. The van der Waals surface area contributed by atoms with Gasteiger partial charge in [0.15, 0.2) is 5.75 Å². The van der Waals surface area contributed by atoms with E-state index in [1.54, 1.807) is 23.1 Å². The number of likely N-dealkylation sites (N-methyl/N-ethyl adjacent to an activating group) is 1. The second-order valence-electron chi connectivity index (χ2n) is 10.6. The monoisotopic (exact) mass is 509 g/mol. The van der Waals surface area contributed by atoms with E-state index in [2.05, 4.69) is 34.2 Å². The van der Waals surface area contributed by atoms with Gasteiger partial charge in [0.1, 0.15) is 11.8 Å². The predicted octanol–water partition coefficient (Wildman–Crippen LogP) is 3.46. The molecule has 9 heteroatoms. The predicted molar refractivity (Wildman–Crippen MR) is 142 cm³/mol. The molecule has 2 aromatic rings. The molecule has 0 spiro atoms. The van der Waals surface area contributed by atoms with Crippen LogP contribution < -0.4 is 10.1 Å². The molecule has 1 aromatic heterocycles. The second-order valence-corrected chi connectivity index (χ2v) is 10.6. The number of amides is 2. The number of para-hydroxylation sites is 1. The molecule has 1 aromatic carbocycles. The zero-order chi connectivity index (χ0) is 26.4. The first-order valence-electron chi connectivity index (χ1n) is 13.3. The maximum atomic E-state index is 13.6. The molecule has 4 rings (SSSR count). The molecule has 0 saturated heterocycles. The van der Waals surface area contributed by atoms with E-state index in [0.717, 1.165) is 6.54 Å². The molecule has 1 fully saturated rings. The summed E-state index contributed by atoms with van der Waals surface area (Å²) in [5.74, 6) is 0.391. The number of fused-ring (bicyclic) bond motifs is 1. The van der Waals surface area contributed by atoms with Crippen LogP contribution in [0, 0.1) is 11.8 Å². The quantitative estimate of drug-likeness (QED) is 0.561. The molecule has 200 valence electrons. The highest BCUT2D eigenvalue weighted by Gasteiger charge is 2.35. The van der Waals surface area contributed by atoms with Crippen LogP contribution in [0.25, 0.3) is 0 Å². The minimum Gasteiger partial charge on any atom is -0.486 e. The van der Waals surface area contributed by atoms with Gasteiger partial charge in [0.2, 0.25) is 0 Å². The van der Waals surface area contributed by atoms with E-state index in [-0.39, 0.29) is 36.3 Å². The third-order valence-electron chi connectivity index (χ3n) is 7.52. The summed E-state index contributed by atoms with van der Waals surface area (Å²) in [6.45, 7) is 5.97. The van der Waals surface area contributed by atoms with Crippen LogP contribution in [0.1, 0.15) is 66.8 Å². The van der Waals surface area contributed by atoms with Crippen LogP contribution in [0.3, 0.4) is 0 Å². The summed E-state index contributed by atoms with van der Waals surface area (Å²) in [5.41, 5.74) is 0.946. The van der Waals surface area contributed by atoms with Crippen LogP contribution in [-0.4, -0.2) is 82.1 Å². The maximum Gasteiger partial charge on any atom is 0.275 e. The Morgan fingerprint density at radius 1 is 1.24 bits per heavy atom. The van der Waals surface area contributed by atoms with Crippen molar-refractivity contribution in [3.63, 3.8) is 0 Å². The average molecular weight is 510 g/mol. The Labute approximate surface area is 219 Å². The molecule has 1 aliphatic heterocycles. The summed E-state index contributed by atoms with van der Waals surface area (Å²) < 4.78 is 6.61. The van der Waals surface area contributed by atoms with E-state index in [1.807, 2.05) is 6.92 Å². The number of ether oxygens (including phenoxy) is 1. The molecule has 1 saturated carbocycles. The topological polar surface area (TPSA) is 108 Å². The van der Waals surface area contributed by atoms with Crippen LogP contribution in [-0.2, 0) is 0 Å². The van der Waals surface area contributed by atoms with Gasteiger partial charge in [-0.3, -0.25) is 14.6 Å². The second kappa shape index (κ2) is 12.5. The van der Waals surface area contributed by atoms with Gasteiger partial charge in [0, 0.05) is 37.9 Å². The molecule has 2 aliphatic rings. The van der Waals surface area contributed by atoms with Gasteiger partial charge in [-0.2, -0.15) is 0 Å². The number of hydrogen-bond acceptors (Lipinski definition) is 7. The van der Waals surface area contributed by atoms with Crippen LogP contribution in [0.4, 0.5) is 5.69 Å². The molecular formula is C28H39N5O4. The van der Waals surface area contributed by atoms with E-state index >= 15 is 0 Å². The molecule has 9 nitrogen and oxygen atoms in total. The van der Waals surface area contributed by atoms with Gasteiger partial charge < -0.3 is 25.0 Å². The minimum absolute atomic E-state index is 0.00338. The summed E-state index contributed by atoms with van der Waals surface area (Å²) in [6, 6.07) is 4.82. The summed E-state index contributed by atoms with van der Waals surface area (Å²) in [6.07, 6.45) is 10.6. The fourth-order valence-electron chi connectivity index (χ4n) is 5.35. The zero-order valence-electron chi connectivity index (χ0n) is 22.1. The van der Waals surface area contributed by atoms with Crippen molar-refractivity contribution in [1.29, 1.82) is 0 Å². The van der Waals surface area contributed by atoms with E-state index < -0.39 is 5.91 Å². The van der Waals surface area contributed by atoms with E-state index in [4.69, 9.17) is 4.74 Å². The Hall–Kier alpha value is -3.04. The van der Waals surface area contributed by atoms with Gasteiger partial charge >= 0.3 is 0 Å². The fourth-order valence-corrected chi connectivity index (χ4v) is 5.35. The van der Waals surface area contributed by atoms with Crippen LogP contribution in [0.2, 0.25) is 0 Å². The van der Waals surface area contributed by atoms with Gasteiger partial charge in [0.05, 0.1) is 30.1 Å². The first-order chi connectivity index (χ1) is 17.9. The molecule has 2 amide bonds. The number of aliphatic hydroxyl groups excluding tert-OH is 1. The Balaban J connectivity index is 1.63. The Morgan fingerprint density at radius 2 is 2.03 bits per heavy atom. The van der Waals surface area contributed by atoms with Crippen molar-refractivity contribution in [2.45, 2.75) is 58.1 Å². The van der Waals surface area contributed by atoms with E-state index in [9.17, 15) is 14.7 Å². The lowest BCUT2D eigenvalue weighted by molar-refractivity contribution is 0.0332. The van der Waals surface area contributed by atoms with Gasteiger partial charge in [-0.05, 0) is 44.9 Å². The number of carbonyl (C=O) groups excluding carboxylic acids is 2. The first kappa shape index (κ1) is 27.0. The normalized spacial score (nSPS) is 21.5. The minimum atomic E-state index is -0.431. The molecule has 37 heavy (non-hydrogen) atoms. The number of aliphatic hydroxyl groups is 1. The third kappa shape index (κ3) is 6.64.